The van der Waals surface area contributed by atoms with Crippen molar-refractivity contribution in [2.75, 3.05) is 25.4 Å². The summed E-state index contributed by atoms with van der Waals surface area (Å²) in [6.45, 7) is 1.62. The second kappa shape index (κ2) is 7.71. The molecule has 0 spiro atoms. The van der Waals surface area contributed by atoms with Crippen LogP contribution in [0.25, 0.3) is 0 Å². The van der Waals surface area contributed by atoms with Crippen LogP contribution in [0.2, 0.25) is 0 Å². The zero-order valence-electron chi connectivity index (χ0n) is 12.6. The number of primary amides is 1. The van der Waals surface area contributed by atoms with E-state index in [0.717, 1.165) is 5.56 Å². The second-order valence-corrected chi connectivity index (χ2v) is 7.56. The Kier molecular flexibility index (Phi) is 5.93. The fourth-order valence-corrected chi connectivity index (χ4v) is 4.00. The SMILES string of the molecule is NC(=O)CN1CCC(NS(=O)(=O)CCc2ccccc2)CC1. The molecular weight excluding hydrogens is 302 g/mol. The third-order valence-corrected chi connectivity index (χ3v) is 5.25. The summed E-state index contributed by atoms with van der Waals surface area (Å²) in [6.07, 6.45) is 1.92. The van der Waals surface area contributed by atoms with E-state index in [1.54, 1.807) is 0 Å². The maximum atomic E-state index is 12.1. The van der Waals surface area contributed by atoms with Crippen molar-refractivity contribution in [3.63, 3.8) is 0 Å². The molecule has 0 atom stereocenters. The lowest BCUT2D eigenvalue weighted by atomic mass is 10.1. The first-order valence-electron chi connectivity index (χ1n) is 7.49. The molecule has 0 radical (unpaired) electrons. The number of nitrogens with two attached hydrogens (primary N) is 1. The summed E-state index contributed by atoms with van der Waals surface area (Å²) in [7, 11) is -3.28. The molecule has 0 saturated carbocycles. The molecule has 0 unspecified atom stereocenters. The Hall–Kier alpha value is -1.44. The van der Waals surface area contributed by atoms with E-state index in [2.05, 4.69) is 4.72 Å². The Morgan fingerprint density at radius 3 is 2.45 bits per heavy atom. The first-order chi connectivity index (χ1) is 10.4. The van der Waals surface area contributed by atoms with Gasteiger partial charge in [-0.1, -0.05) is 30.3 Å². The van der Waals surface area contributed by atoms with Crippen LogP contribution in [0.3, 0.4) is 0 Å². The van der Waals surface area contributed by atoms with Crippen molar-refractivity contribution in [2.45, 2.75) is 25.3 Å². The largest absolute Gasteiger partial charge is 0.369 e. The molecule has 6 nitrogen and oxygen atoms in total. The van der Waals surface area contributed by atoms with Gasteiger partial charge in [-0.3, -0.25) is 9.69 Å². The molecule has 1 aromatic rings. The van der Waals surface area contributed by atoms with Crippen LogP contribution in [0.15, 0.2) is 30.3 Å². The van der Waals surface area contributed by atoms with Crippen LogP contribution >= 0.6 is 0 Å². The minimum Gasteiger partial charge on any atom is -0.369 e. The van der Waals surface area contributed by atoms with Crippen LogP contribution in [0.5, 0.6) is 0 Å². The van der Waals surface area contributed by atoms with Gasteiger partial charge < -0.3 is 5.73 Å². The van der Waals surface area contributed by atoms with E-state index in [-0.39, 0.29) is 24.2 Å². The number of likely N-dealkylation sites (tertiary alicyclic amines) is 1. The standard InChI is InChI=1S/C15H23N3O3S/c16-15(19)12-18-9-6-14(7-10-18)17-22(20,21)11-8-13-4-2-1-3-5-13/h1-5,14,17H,6-12H2,(H2,16,19). The van der Waals surface area contributed by atoms with Crippen LogP contribution < -0.4 is 10.5 Å². The van der Waals surface area contributed by atoms with Crippen LogP contribution in [0, 0.1) is 0 Å². The van der Waals surface area contributed by atoms with Gasteiger partial charge in [-0.2, -0.15) is 0 Å². The van der Waals surface area contributed by atoms with Gasteiger partial charge in [-0.25, -0.2) is 13.1 Å². The summed E-state index contributed by atoms with van der Waals surface area (Å²) in [5.74, 6) is -0.250. The molecule has 0 aromatic heterocycles. The monoisotopic (exact) mass is 325 g/mol. The molecule has 1 aromatic carbocycles. The Morgan fingerprint density at radius 2 is 1.86 bits per heavy atom. The molecule has 1 fully saturated rings. The Labute approximate surface area is 131 Å². The van der Waals surface area contributed by atoms with Gasteiger partial charge in [-0.15, -0.1) is 0 Å². The predicted octanol–water partition coefficient (Wildman–Crippen LogP) is 0.0982. The molecule has 1 heterocycles. The van der Waals surface area contributed by atoms with Crippen LogP contribution in [0.1, 0.15) is 18.4 Å². The van der Waals surface area contributed by atoms with Crippen molar-refractivity contribution in [3.8, 4) is 0 Å². The summed E-state index contributed by atoms with van der Waals surface area (Å²) in [6, 6.07) is 9.53. The van der Waals surface area contributed by atoms with E-state index in [9.17, 15) is 13.2 Å². The van der Waals surface area contributed by atoms with E-state index in [4.69, 9.17) is 5.73 Å². The summed E-state index contributed by atoms with van der Waals surface area (Å²) >= 11 is 0. The normalized spacial score (nSPS) is 17.5. The van der Waals surface area contributed by atoms with E-state index in [1.165, 1.54) is 0 Å². The lowest BCUT2D eigenvalue weighted by Gasteiger charge is -2.31. The maximum absolute atomic E-state index is 12.1. The van der Waals surface area contributed by atoms with Crippen molar-refractivity contribution >= 4 is 15.9 Å². The number of sulfonamides is 1. The second-order valence-electron chi connectivity index (χ2n) is 5.69. The molecule has 122 valence electrons. The highest BCUT2D eigenvalue weighted by Gasteiger charge is 2.23. The quantitative estimate of drug-likeness (QED) is 0.743. The van der Waals surface area contributed by atoms with Gasteiger partial charge >= 0.3 is 0 Å². The highest BCUT2D eigenvalue weighted by atomic mass is 32.2. The number of hydrogen-bond donors (Lipinski definition) is 2. The molecule has 1 amide bonds. The third kappa shape index (κ3) is 5.75. The van der Waals surface area contributed by atoms with Crippen molar-refractivity contribution in [1.29, 1.82) is 0 Å². The van der Waals surface area contributed by atoms with Crippen LogP contribution in [0.4, 0.5) is 0 Å². The highest BCUT2D eigenvalue weighted by Crippen LogP contribution is 2.11. The number of hydrogen-bond acceptors (Lipinski definition) is 4. The molecule has 1 saturated heterocycles. The summed E-state index contributed by atoms with van der Waals surface area (Å²) in [5, 5.41) is 0. The molecule has 22 heavy (non-hydrogen) atoms. The zero-order chi connectivity index (χ0) is 16.0. The number of benzene rings is 1. The van der Waals surface area contributed by atoms with Gasteiger partial charge in [0.1, 0.15) is 0 Å². The molecule has 3 N–H and O–H groups in total. The number of carbonyl (C=O) groups is 1. The lowest BCUT2D eigenvalue weighted by molar-refractivity contribution is -0.119. The summed E-state index contributed by atoms with van der Waals surface area (Å²) in [5.41, 5.74) is 6.18. The fourth-order valence-electron chi connectivity index (χ4n) is 2.64. The average molecular weight is 325 g/mol. The Bertz CT molecular complexity index is 581. The van der Waals surface area contributed by atoms with Crippen molar-refractivity contribution < 1.29 is 13.2 Å². The molecule has 2 rings (SSSR count). The number of piperidine rings is 1. The first-order valence-corrected chi connectivity index (χ1v) is 9.14. The average Bonchev–Trinajstić information content (AvgIpc) is 2.48. The number of nitrogens with one attached hydrogen (secondary N) is 1. The smallest absolute Gasteiger partial charge is 0.231 e. The third-order valence-electron chi connectivity index (χ3n) is 3.82. The highest BCUT2D eigenvalue weighted by molar-refractivity contribution is 7.89. The lowest BCUT2D eigenvalue weighted by Crippen LogP contribution is -2.47. The minimum absolute atomic E-state index is 0.0510. The van der Waals surface area contributed by atoms with Crippen LogP contribution in [-0.4, -0.2) is 50.7 Å². The van der Waals surface area contributed by atoms with Gasteiger partial charge in [0.2, 0.25) is 15.9 Å². The summed E-state index contributed by atoms with van der Waals surface area (Å²) < 4.78 is 27.0. The van der Waals surface area contributed by atoms with Crippen molar-refractivity contribution in [3.05, 3.63) is 35.9 Å². The summed E-state index contributed by atoms with van der Waals surface area (Å²) in [4.78, 5) is 12.8. The van der Waals surface area contributed by atoms with Gasteiger partial charge in [0.05, 0.1) is 12.3 Å². The van der Waals surface area contributed by atoms with Gasteiger partial charge in [0.15, 0.2) is 0 Å². The van der Waals surface area contributed by atoms with Gasteiger partial charge in [-0.05, 0) is 24.8 Å². The zero-order valence-corrected chi connectivity index (χ0v) is 13.4. The topological polar surface area (TPSA) is 92.5 Å². The number of nitrogens with zero attached hydrogens (tertiary/aromatic N) is 1. The molecule has 1 aliphatic rings. The first kappa shape index (κ1) is 16.9. The van der Waals surface area contributed by atoms with E-state index in [0.29, 0.717) is 32.4 Å². The van der Waals surface area contributed by atoms with Crippen LogP contribution in [-0.2, 0) is 21.2 Å². The van der Waals surface area contributed by atoms with E-state index in [1.807, 2.05) is 35.2 Å². The van der Waals surface area contributed by atoms with Crippen molar-refractivity contribution in [1.82, 2.24) is 9.62 Å². The molecule has 0 bridgehead atoms. The molecule has 7 heteroatoms. The molecular formula is C15H23N3O3S. The van der Waals surface area contributed by atoms with E-state index < -0.39 is 10.0 Å². The Morgan fingerprint density at radius 1 is 1.23 bits per heavy atom. The van der Waals surface area contributed by atoms with Crippen molar-refractivity contribution in [2.24, 2.45) is 5.73 Å². The molecule has 0 aliphatic carbocycles. The molecule has 1 aliphatic heterocycles. The maximum Gasteiger partial charge on any atom is 0.231 e. The van der Waals surface area contributed by atoms with Gasteiger partial charge in [0.25, 0.3) is 0 Å². The minimum atomic E-state index is -3.28. The van der Waals surface area contributed by atoms with E-state index >= 15 is 0 Å². The van der Waals surface area contributed by atoms with Gasteiger partial charge in [0, 0.05) is 19.1 Å². The number of rotatable bonds is 7. The number of amides is 1. The predicted molar refractivity (Wildman–Crippen MR) is 85.7 cm³/mol. The number of aryl methyl sites for hydroxylation is 1. The number of carbonyl (C=O) groups excluding carboxylic acids is 1. The fraction of sp³-hybridized carbons (Fsp3) is 0.533. The Balaban J connectivity index is 1.77.